The van der Waals surface area contributed by atoms with Crippen molar-refractivity contribution >= 4 is 35.8 Å². The van der Waals surface area contributed by atoms with Gasteiger partial charge in [0, 0.05) is 38.5 Å². The molecule has 246 valence electrons. The molecule has 1 unspecified atom stereocenters. The Labute approximate surface area is 246 Å². The first-order chi connectivity index (χ1) is 19.8. The zero-order chi connectivity index (χ0) is 32.9. The quantitative estimate of drug-likeness (QED) is 0.144. The van der Waals surface area contributed by atoms with E-state index >= 15 is 0 Å². The van der Waals surface area contributed by atoms with Crippen LogP contribution in [0.5, 0.6) is 0 Å². The fourth-order valence-electron chi connectivity index (χ4n) is 1.94. The Balaban J connectivity index is -0.000000567. The lowest BCUT2D eigenvalue weighted by Crippen LogP contribution is -2.30. The Morgan fingerprint density at radius 3 is 0.976 bits per heavy atom. The highest BCUT2D eigenvalue weighted by atomic mass is 16.6. The normalized spacial score (nSPS) is 10.6. The van der Waals surface area contributed by atoms with Gasteiger partial charge in [0.15, 0.2) is 6.10 Å². The summed E-state index contributed by atoms with van der Waals surface area (Å²) in [5.74, 6) is -2.35. The van der Waals surface area contributed by atoms with Gasteiger partial charge in [-0.3, -0.25) is 28.8 Å². The summed E-state index contributed by atoms with van der Waals surface area (Å²) in [4.78, 5) is 64.9. The average molecular weight is 613 g/mol. The molecule has 0 aliphatic carbocycles. The number of hydrogen-bond donors (Lipinski definition) is 3. The molecule has 0 radical (unpaired) electrons. The third-order valence-corrected chi connectivity index (χ3v) is 4.41. The molecule has 3 N–H and O–H groups in total. The molecule has 0 saturated heterocycles. The van der Waals surface area contributed by atoms with Crippen LogP contribution in [0, 0.1) is 0 Å². The van der Waals surface area contributed by atoms with Crippen molar-refractivity contribution in [2.24, 2.45) is 0 Å². The molecule has 0 saturated carbocycles. The smallest absolute Gasteiger partial charge is 0.306 e. The molecule has 0 bridgehead atoms. The van der Waals surface area contributed by atoms with Crippen LogP contribution in [0.1, 0.15) is 80.1 Å². The summed E-state index contributed by atoms with van der Waals surface area (Å²) in [5.41, 5.74) is 0. The fourth-order valence-corrected chi connectivity index (χ4v) is 1.94. The Morgan fingerprint density at radius 1 is 0.452 bits per heavy atom. The molecule has 0 fully saturated rings. The van der Waals surface area contributed by atoms with Crippen LogP contribution in [0.15, 0.2) is 0 Å². The first-order valence-electron chi connectivity index (χ1n) is 13.8. The van der Waals surface area contributed by atoms with Gasteiger partial charge in [-0.2, -0.15) is 0 Å². The molecule has 15 heteroatoms. The lowest BCUT2D eigenvalue weighted by molar-refractivity contribution is -0.166. The molecule has 0 aromatic carbocycles. The molecule has 42 heavy (non-hydrogen) atoms. The molecule has 0 amide bonds. The number of hydrogen-bond acceptors (Lipinski definition) is 15. The van der Waals surface area contributed by atoms with Crippen LogP contribution in [-0.2, 0) is 57.2 Å². The van der Waals surface area contributed by atoms with Crippen molar-refractivity contribution in [3.8, 4) is 0 Å². The molecule has 0 aromatic rings. The van der Waals surface area contributed by atoms with E-state index in [0.29, 0.717) is 0 Å². The molecule has 0 aliphatic heterocycles. The molecular weight excluding hydrogens is 564 g/mol. The number of aliphatic hydroxyl groups excluding tert-OH is 3. The highest BCUT2D eigenvalue weighted by molar-refractivity contribution is 5.71. The van der Waals surface area contributed by atoms with Gasteiger partial charge in [-0.1, -0.05) is 41.5 Å². The van der Waals surface area contributed by atoms with Crippen molar-refractivity contribution in [2.75, 3.05) is 39.6 Å². The van der Waals surface area contributed by atoms with Crippen LogP contribution >= 0.6 is 0 Å². The minimum atomic E-state index is -0.949. The van der Waals surface area contributed by atoms with Crippen LogP contribution in [0.25, 0.3) is 0 Å². The monoisotopic (exact) mass is 612 g/mol. The van der Waals surface area contributed by atoms with E-state index in [-0.39, 0.29) is 96.1 Å². The van der Waals surface area contributed by atoms with Crippen molar-refractivity contribution < 1.29 is 72.5 Å². The Morgan fingerprint density at radius 2 is 0.714 bits per heavy atom. The predicted molar refractivity (Wildman–Crippen MR) is 146 cm³/mol. The van der Waals surface area contributed by atoms with Crippen LogP contribution in [-0.4, -0.2) is 109 Å². The van der Waals surface area contributed by atoms with E-state index in [2.05, 4.69) is 14.2 Å². The molecule has 0 heterocycles. The third kappa shape index (κ3) is 29.7. The van der Waals surface area contributed by atoms with Crippen molar-refractivity contribution in [1.82, 2.24) is 0 Å². The maximum absolute atomic E-state index is 11.1. The molecule has 0 rings (SSSR count). The number of aliphatic hydroxyl groups is 3. The lowest BCUT2D eigenvalue weighted by Gasteiger charge is -2.17. The number of esters is 6. The van der Waals surface area contributed by atoms with E-state index < -0.39 is 36.2 Å². The van der Waals surface area contributed by atoms with Gasteiger partial charge in [0.05, 0.1) is 6.61 Å². The summed E-state index contributed by atoms with van der Waals surface area (Å²) in [5, 5.41) is 26.1. The molecule has 0 aliphatic rings. The Bertz CT molecular complexity index is 729. The number of carbonyl (C=O) groups is 6. The molecular formula is C27H48O15. The zero-order valence-electron chi connectivity index (χ0n) is 25.5. The van der Waals surface area contributed by atoms with Crippen molar-refractivity contribution in [1.29, 1.82) is 0 Å². The van der Waals surface area contributed by atoms with E-state index in [1.165, 1.54) is 0 Å². The summed E-state index contributed by atoms with van der Waals surface area (Å²) in [6, 6.07) is 0. The zero-order valence-corrected chi connectivity index (χ0v) is 25.5. The van der Waals surface area contributed by atoms with E-state index in [1.54, 1.807) is 41.5 Å². The van der Waals surface area contributed by atoms with Crippen molar-refractivity contribution in [2.45, 2.75) is 98.4 Å². The van der Waals surface area contributed by atoms with Gasteiger partial charge in [0.2, 0.25) is 0 Å². The summed E-state index contributed by atoms with van der Waals surface area (Å²) < 4.78 is 28.5. The largest absolute Gasteiger partial charge is 0.463 e. The fraction of sp³-hybridized carbons (Fsp3) is 0.778. The van der Waals surface area contributed by atoms with E-state index in [4.69, 9.17) is 24.4 Å². The predicted octanol–water partition coefficient (Wildman–Crippen LogP) is 0.761. The molecule has 15 nitrogen and oxygen atoms in total. The Hall–Kier alpha value is -3.30. The third-order valence-electron chi connectivity index (χ3n) is 4.41. The number of ether oxygens (including phenoxy) is 6. The molecule has 0 aromatic heterocycles. The highest BCUT2D eigenvalue weighted by Crippen LogP contribution is 2.01. The summed E-state index contributed by atoms with van der Waals surface area (Å²) in [6.07, 6.45) is -1.13. The number of rotatable bonds is 18. The van der Waals surface area contributed by atoms with Gasteiger partial charge in [-0.25, -0.2) is 0 Å². The first kappa shape index (κ1) is 43.2. The summed E-state index contributed by atoms with van der Waals surface area (Å²) >= 11 is 0. The van der Waals surface area contributed by atoms with Gasteiger partial charge >= 0.3 is 35.8 Å². The van der Waals surface area contributed by atoms with Gasteiger partial charge < -0.3 is 43.7 Å². The number of carbonyl (C=O) groups excluding carboxylic acids is 6. The van der Waals surface area contributed by atoms with Crippen LogP contribution < -0.4 is 0 Å². The van der Waals surface area contributed by atoms with Crippen LogP contribution in [0.3, 0.4) is 0 Å². The van der Waals surface area contributed by atoms with Gasteiger partial charge in [-0.05, 0) is 0 Å². The maximum atomic E-state index is 11.1. The van der Waals surface area contributed by atoms with Crippen molar-refractivity contribution in [3.05, 3.63) is 0 Å². The van der Waals surface area contributed by atoms with Gasteiger partial charge in [0.25, 0.3) is 0 Å². The molecule has 1 atom stereocenters. The highest BCUT2D eigenvalue weighted by Gasteiger charge is 2.18. The summed E-state index contributed by atoms with van der Waals surface area (Å²) in [6.45, 7) is 8.97. The lowest BCUT2D eigenvalue weighted by atomic mass is 10.4. The second-order valence-electron chi connectivity index (χ2n) is 8.14. The van der Waals surface area contributed by atoms with Crippen LogP contribution in [0.2, 0.25) is 0 Å². The molecule has 0 spiro atoms. The minimum absolute atomic E-state index is 0.102. The average Bonchev–Trinajstić information content (AvgIpc) is 3.01. The standard InChI is InChI=1S/C12H20O6.C9H16O5.C6H12O4/c1-4-10(13)16-7-9(18-12(15)6-3)8-17-11(14)5-2;1-3-8(11)13-5-7(10)6-14-9(12)4-2;1-2-6(9)10-4-5(8)3-7/h9H,4-8H2,1-3H3;7,10H,3-6H2,1-2H3;5,7-8H,2-4H2,1H3. The Kier molecular flexibility index (Phi) is 30.0. The van der Waals surface area contributed by atoms with Gasteiger partial charge in [0.1, 0.15) is 45.2 Å². The van der Waals surface area contributed by atoms with E-state index in [1.807, 2.05) is 0 Å². The summed E-state index contributed by atoms with van der Waals surface area (Å²) in [7, 11) is 0. The van der Waals surface area contributed by atoms with E-state index in [0.717, 1.165) is 0 Å². The van der Waals surface area contributed by atoms with E-state index in [9.17, 15) is 33.9 Å². The van der Waals surface area contributed by atoms with Gasteiger partial charge in [-0.15, -0.1) is 0 Å². The second kappa shape index (κ2) is 29.2. The van der Waals surface area contributed by atoms with Crippen molar-refractivity contribution in [3.63, 3.8) is 0 Å². The first-order valence-corrected chi connectivity index (χ1v) is 13.8. The second-order valence-corrected chi connectivity index (χ2v) is 8.14. The minimum Gasteiger partial charge on any atom is -0.463 e. The topological polar surface area (TPSA) is 218 Å². The SMILES string of the molecule is CCC(=O)OCC(COC(=O)CC)OC(=O)CC.CCC(=O)OCC(O)CO.CCC(=O)OCC(O)COC(=O)CC. The van der Waals surface area contributed by atoms with Crippen LogP contribution in [0.4, 0.5) is 0 Å². The maximum Gasteiger partial charge on any atom is 0.306 e.